The fraction of sp³-hybridized carbons (Fsp3) is 0.714. The number of urea groups is 1. The summed E-state index contributed by atoms with van der Waals surface area (Å²) in [6.07, 6.45) is 2.30. The summed E-state index contributed by atoms with van der Waals surface area (Å²) in [6.45, 7) is 10.9. The molecule has 0 unspecified atom stereocenters. The van der Waals surface area contributed by atoms with Crippen LogP contribution in [-0.4, -0.2) is 98.6 Å². The van der Waals surface area contributed by atoms with E-state index in [1.54, 1.807) is 16.8 Å². The van der Waals surface area contributed by atoms with Gasteiger partial charge in [-0.15, -0.1) is 0 Å². The van der Waals surface area contributed by atoms with Crippen molar-refractivity contribution >= 4 is 17.6 Å². The molecule has 210 valence electrons. The number of amides is 3. The van der Waals surface area contributed by atoms with Gasteiger partial charge in [0, 0.05) is 58.5 Å². The van der Waals surface area contributed by atoms with Crippen LogP contribution in [0, 0.1) is 5.92 Å². The Hall–Kier alpha value is -2.52. The molecule has 1 aromatic rings. The summed E-state index contributed by atoms with van der Waals surface area (Å²) in [6, 6.07) is 5.15. The molecular formula is C28H48N4O5. The van der Waals surface area contributed by atoms with Crippen LogP contribution in [0.2, 0.25) is 0 Å². The Labute approximate surface area is 223 Å². The van der Waals surface area contributed by atoms with Gasteiger partial charge in [0.1, 0.15) is 5.75 Å². The number of aliphatic hydroxyl groups is 1. The molecule has 1 heterocycles. The van der Waals surface area contributed by atoms with Crippen molar-refractivity contribution in [2.24, 2.45) is 5.92 Å². The van der Waals surface area contributed by atoms with Crippen LogP contribution < -0.4 is 15.0 Å². The molecule has 0 saturated carbocycles. The normalized spacial score (nSPS) is 22.5. The highest BCUT2D eigenvalue weighted by molar-refractivity contribution is 5.98. The molecular weight excluding hydrogens is 472 g/mol. The molecule has 3 amide bonds. The maximum absolute atomic E-state index is 14.0. The maximum atomic E-state index is 14.0. The molecule has 2 N–H and O–H groups in total. The number of nitrogens with zero attached hydrogens (tertiary/aromatic N) is 3. The third kappa shape index (κ3) is 9.07. The Morgan fingerprint density at radius 3 is 2.51 bits per heavy atom. The van der Waals surface area contributed by atoms with E-state index in [1.807, 2.05) is 71.8 Å². The molecule has 0 fully saturated rings. The SMILES string of the molecule is CC(C)NC(=O)N(C)C[C@@H]1OCCCC[C@@H](C)Oc2ccc(N(C)C)cc2C(=O)N([C@@H](C)CO)C[C@@H]1C. The van der Waals surface area contributed by atoms with Gasteiger partial charge in [0.25, 0.3) is 5.91 Å². The van der Waals surface area contributed by atoms with Gasteiger partial charge in [-0.25, -0.2) is 4.79 Å². The third-order valence-electron chi connectivity index (χ3n) is 6.76. The van der Waals surface area contributed by atoms with Gasteiger partial charge in [0.2, 0.25) is 0 Å². The zero-order chi connectivity index (χ0) is 27.7. The zero-order valence-corrected chi connectivity index (χ0v) is 24.0. The van der Waals surface area contributed by atoms with E-state index in [-0.39, 0.29) is 42.7 Å². The molecule has 37 heavy (non-hydrogen) atoms. The van der Waals surface area contributed by atoms with E-state index in [0.717, 1.165) is 24.9 Å². The average molecular weight is 521 g/mol. The molecule has 0 aromatic heterocycles. The number of benzene rings is 1. The van der Waals surface area contributed by atoms with Crippen molar-refractivity contribution in [3.05, 3.63) is 23.8 Å². The molecule has 0 radical (unpaired) electrons. The second kappa shape index (κ2) is 14.4. The first-order chi connectivity index (χ1) is 17.4. The van der Waals surface area contributed by atoms with Crippen LogP contribution in [0.15, 0.2) is 18.2 Å². The first kappa shape index (κ1) is 30.7. The Morgan fingerprint density at radius 1 is 1.19 bits per heavy atom. The summed E-state index contributed by atoms with van der Waals surface area (Å²) in [5.41, 5.74) is 1.38. The van der Waals surface area contributed by atoms with E-state index < -0.39 is 6.04 Å². The van der Waals surface area contributed by atoms with E-state index in [9.17, 15) is 14.7 Å². The van der Waals surface area contributed by atoms with Gasteiger partial charge in [-0.05, 0) is 65.2 Å². The fourth-order valence-electron chi connectivity index (χ4n) is 4.36. The lowest BCUT2D eigenvalue weighted by Gasteiger charge is -2.36. The maximum Gasteiger partial charge on any atom is 0.317 e. The fourth-order valence-corrected chi connectivity index (χ4v) is 4.36. The van der Waals surface area contributed by atoms with Gasteiger partial charge >= 0.3 is 6.03 Å². The number of rotatable bonds is 6. The second-order valence-corrected chi connectivity index (χ2v) is 10.9. The molecule has 0 bridgehead atoms. The first-order valence-electron chi connectivity index (χ1n) is 13.5. The van der Waals surface area contributed by atoms with Crippen LogP contribution in [-0.2, 0) is 4.74 Å². The van der Waals surface area contributed by atoms with Crippen LogP contribution in [0.3, 0.4) is 0 Å². The van der Waals surface area contributed by atoms with Crippen LogP contribution >= 0.6 is 0 Å². The lowest BCUT2D eigenvalue weighted by atomic mass is 10.0. The molecule has 0 saturated heterocycles. The number of carbonyl (C=O) groups excluding carboxylic acids is 2. The van der Waals surface area contributed by atoms with Gasteiger partial charge in [-0.2, -0.15) is 0 Å². The van der Waals surface area contributed by atoms with Gasteiger partial charge in [-0.3, -0.25) is 4.79 Å². The number of ether oxygens (including phenoxy) is 2. The van der Waals surface area contributed by atoms with Crippen LogP contribution in [0.4, 0.5) is 10.5 Å². The van der Waals surface area contributed by atoms with Crippen molar-refractivity contribution in [1.29, 1.82) is 0 Å². The van der Waals surface area contributed by atoms with Crippen LogP contribution in [0.1, 0.15) is 64.2 Å². The molecule has 9 nitrogen and oxygen atoms in total. The van der Waals surface area contributed by atoms with E-state index in [0.29, 0.717) is 31.0 Å². The predicted molar refractivity (Wildman–Crippen MR) is 147 cm³/mol. The number of nitrogens with one attached hydrogen (secondary N) is 1. The number of fused-ring (bicyclic) bond motifs is 1. The Balaban J connectivity index is 2.43. The van der Waals surface area contributed by atoms with Crippen LogP contribution in [0.25, 0.3) is 0 Å². The minimum Gasteiger partial charge on any atom is -0.490 e. The second-order valence-electron chi connectivity index (χ2n) is 10.9. The minimum atomic E-state index is -0.404. The predicted octanol–water partition coefficient (Wildman–Crippen LogP) is 3.60. The van der Waals surface area contributed by atoms with Gasteiger partial charge in [-0.1, -0.05) is 6.92 Å². The number of likely N-dealkylation sites (N-methyl/N-ethyl adjacent to an activating group) is 1. The topological polar surface area (TPSA) is 94.6 Å². The molecule has 0 aliphatic carbocycles. The first-order valence-corrected chi connectivity index (χ1v) is 13.5. The molecule has 9 heteroatoms. The van der Waals surface area contributed by atoms with Crippen molar-refractivity contribution in [1.82, 2.24) is 15.1 Å². The van der Waals surface area contributed by atoms with Gasteiger partial charge < -0.3 is 34.6 Å². The van der Waals surface area contributed by atoms with Crippen molar-refractivity contribution in [3.8, 4) is 5.75 Å². The smallest absolute Gasteiger partial charge is 0.317 e. The Bertz CT molecular complexity index is 878. The standard InChI is InChI=1S/C28H48N4O5/c1-19(2)29-28(35)31(8)17-26-20(3)16-32(21(4)18-33)27(34)24-15-23(30(6)7)12-13-25(24)37-22(5)11-9-10-14-36-26/h12-13,15,19-22,26,33H,9-11,14,16-18H2,1-8H3,(H,29,35)/t20-,21-,22+,26-/m0/s1. The zero-order valence-electron chi connectivity index (χ0n) is 24.0. The number of hydrogen-bond donors (Lipinski definition) is 2. The Kier molecular flexibility index (Phi) is 12.0. The largest absolute Gasteiger partial charge is 0.490 e. The number of hydrogen-bond acceptors (Lipinski definition) is 6. The molecule has 1 aromatic carbocycles. The summed E-state index contributed by atoms with van der Waals surface area (Å²) in [4.78, 5) is 31.9. The average Bonchev–Trinajstić information content (AvgIpc) is 2.84. The van der Waals surface area contributed by atoms with E-state index in [2.05, 4.69) is 5.32 Å². The van der Waals surface area contributed by atoms with Crippen molar-refractivity contribution < 1.29 is 24.2 Å². The van der Waals surface area contributed by atoms with E-state index in [1.165, 1.54) is 0 Å². The molecule has 4 atom stereocenters. The van der Waals surface area contributed by atoms with Crippen molar-refractivity contribution in [2.75, 3.05) is 52.3 Å². The van der Waals surface area contributed by atoms with Crippen molar-refractivity contribution in [3.63, 3.8) is 0 Å². The summed E-state index contributed by atoms with van der Waals surface area (Å²) < 4.78 is 12.6. The Morgan fingerprint density at radius 2 is 1.89 bits per heavy atom. The molecule has 1 aliphatic heterocycles. The highest BCUT2D eigenvalue weighted by atomic mass is 16.5. The van der Waals surface area contributed by atoms with Gasteiger partial charge in [0.15, 0.2) is 0 Å². The summed E-state index contributed by atoms with van der Waals surface area (Å²) in [7, 11) is 5.63. The monoisotopic (exact) mass is 520 g/mol. The number of carbonyl (C=O) groups is 2. The quantitative estimate of drug-likeness (QED) is 0.595. The summed E-state index contributed by atoms with van der Waals surface area (Å²) >= 11 is 0. The van der Waals surface area contributed by atoms with Crippen molar-refractivity contribution in [2.45, 2.75) is 78.2 Å². The summed E-state index contributed by atoms with van der Waals surface area (Å²) in [5.74, 6) is 0.275. The highest BCUT2D eigenvalue weighted by Crippen LogP contribution is 2.29. The van der Waals surface area contributed by atoms with Crippen LogP contribution in [0.5, 0.6) is 5.75 Å². The summed E-state index contributed by atoms with van der Waals surface area (Å²) in [5, 5.41) is 13.0. The van der Waals surface area contributed by atoms with E-state index >= 15 is 0 Å². The minimum absolute atomic E-state index is 0.0344. The molecule has 2 rings (SSSR count). The molecule has 0 spiro atoms. The van der Waals surface area contributed by atoms with Gasteiger partial charge in [0.05, 0.1) is 30.4 Å². The molecule has 1 aliphatic rings. The lowest BCUT2D eigenvalue weighted by molar-refractivity contribution is -0.0122. The third-order valence-corrected chi connectivity index (χ3v) is 6.76. The number of anilines is 1. The number of aliphatic hydroxyl groups excluding tert-OH is 1. The van der Waals surface area contributed by atoms with E-state index in [4.69, 9.17) is 9.47 Å². The highest BCUT2D eigenvalue weighted by Gasteiger charge is 2.31. The lowest BCUT2D eigenvalue weighted by Crippen LogP contribution is -2.49.